The van der Waals surface area contributed by atoms with Crippen LogP contribution in [0.5, 0.6) is 0 Å². The number of rotatable bonds is 2. The SMILES string of the molecule is Nc1cnc(Cl)cc1C(=O)Nc1ccc(Br)c(Cl)c1Cl. The first-order valence-electron chi connectivity index (χ1n) is 5.26. The summed E-state index contributed by atoms with van der Waals surface area (Å²) in [5.74, 6) is -0.452. The van der Waals surface area contributed by atoms with E-state index in [2.05, 4.69) is 26.2 Å². The topological polar surface area (TPSA) is 68.0 Å². The summed E-state index contributed by atoms with van der Waals surface area (Å²) in [6, 6.07) is 4.67. The summed E-state index contributed by atoms with van der Waals surface area (Å²) in [4.78, 5) is 15.9. The van der Waals surface area contributed by atoms with Crippen molar-refractivity contribution >= 4 is 68.0 Å². The highest BCUT2D eigenvalue weighted by Gasteiger charge is 2.15. The van der Waals surface area contributed by atoms with Crippen molar-refractivity contribution in [3.05, 3.63) is 49.6 Å². The lowest BCUT2D eigenvalue weighted by atomic mass is 10.2. The fraction of sp³-hybridized carbons (Fsp3) is 0. The van der Waals surface area contributed by atoms with Crippen molar-refractivity contribution in [3.8, 4) is 0 Å². The Kier molecular flexibility index (Phi) is 4.75. The molecule has 0 atom stereocenters. The van der Waals surface area contributed by atoms with Crippen molar-refractivity contribution in [1.82, 2.24) is 4.98 Å². The molecule has 1 aromatic heterocycles. The Morgan fingerprint density at radius 3 is 2.65 bits per heavy atom. The zero-order valence-corrected chi connectivity index (χ0v) is 13.6. The molecule has 0 fully saturated rings. The van der Waals surface area contributed by atoms with E-state index < -0.39 is 5.91 Å². The molecule has 0 saturated heterocycles. The van der Waals surface area contributed by atoms with Crippen LogP contribution < -0.4 is 11.1 Å². The average Bonchev–Trinajstić information content (AvgIpc) is 2.42. The molecule has 0 aliphatic carbocycles. The standard InChI is InChI=1S/C12H7BrCl3N3O/c13-6-1-2-8(11(16)10(6)15)19-12(20)5-3-9(14)18-4-7(5)17/h1-4H,17H2,(H,19,20). The van der Waals surface area contributed by atoms with Gasteiger partial charge in [-0.05, 0) is 34.1 Å². The maximum atomic E-state index is 12.1. The van der Waals surface area contributed by atoms with Crippen molar-refractivity contribution in [1.29, 1.82) is 0 Å². The number of nitrogen functional groups attached to an aromatic ring is 1. The van der Waals surface area contributed by atoms with Crippen LogP contribution in [-0.2, 0) is 0 Å². The Morgan fingerprint density at radius 1 is 1.25 bits per heavy atom. The van der Waals surface area contributed by atoms with E-state index in [-0.39, 0.29) is 21.4 Å². The van der Waals surface area contributed by atoms with Crippen molar-refractivity contribution in [2.75, 3.05) is 11.1 Å². The highest BCUT2D eigenvalue weighted by molar-refractivity contribution is 9.10. The number of nitrogens with two attached hydrogens (primary N) is 1. The van der Waals surface area contributed by atoms with E-state index in [4.69, 9.17) is 40.5 Å². The van der Waals surface area contributed by atoms with Crippen LogP contribution >= 0.6 is 50.7 Å². The molecule has 8 heteroatoms. The molecule has 20 heavy (non-hydrogen) atoms. The van der Waals surface area contributed by atoms with Crippen molar-refractivity contribution in [2.45, 2.75) is 0 Å². The van der Waals surface area contributed by atoms with Crippen LogP contribution in [0.15, 0.2) is 28.9 Å². The van der Waals surface area contributed by atoms with Gasteiger partial charge in [-0.15, -0.1) is 0 Å². The quantitative estimate of drug-likeness (QED) is 0.575. The van der Waals surface area contributed by atoms with Crippen LogP contribution in [0.3, 0.4) is 0 Å². The molecule has 2 rings (SSSR count). The monoisotopic (exact) mass is 393 g/mol. The summed E-state index contributed by atoms with van der Waals surface area (Å²) < 4.78 is 0.633. The number of nitrogens with one attached hydrogen (secondary N) is 1. The van der Waals surface area contributed by atoms with Crippen LogP contribution in [0.25, 0.3) is 0 Å². The zero-order valence-electron chi connectivity index (χ0n) is 9.75. The van der Waals surface area contributed by atoms with Gasteiger partial charge in [0.1, 0.15) is 5.15 Å². The van der Waals surface area contributed by atoms with Gasteiger partial charge in [0.2, 0.25) is 0 Å². The third kappa shape index (κ3) is 3.17. The molecule has 2 aromatic rings. The lowest BCUT2D eigenvalue weighted by molar-refractivity contribution is 0.102. The molecule has 0 bridgehead atoms. The van der Waals surface area contributed by atoms with Gasteiger partial charge in [-0.1, -0.05) is 34.8 Å². The molecule has 0 spiro atoms. The summed E-state index contributed by atoms with van der Waals surface area (Å²) in [7, 11) is 0. The fourth-order valence-electron chi connectivity index (χ4n) is 1.45. The third-order valence-electron chi connectivity index (χ3n) is 2.43. The molecule has 1 heterocycles. The molecule has 3 N–H and O–H groups in total. The first-order valence-corrected chi connectivity index (χ1v) is 7.18. The molecule has 1 amide bonds. The lowest BCUT2D eigenvalue weighted by Gasteiger charge is -2.10. The summed E-state index contributed by atoms with van der Waals surface area (Å²) >= 11 is 21.0. The third-order valence-corrected chi connectivity index (χ3v) is 4.41. The second kappa shape index (κ2) is 6.18. The van der Waals surface area contributed by atoms with Gasteiger partial charge >= 0.3 is 0 Å². The summed E-state index contributed by atoms with van der Waals surface area (Å²) in [5.41, 5.74) is 6.48. The van der Waals surface area contributed by atoms with E-state index in [0.717, 1.165) is 0 Å². The van der Waals surface area contributed by atoms with Crippen molar-refractivity contribution < 1.29 is 4.79 Å². The van der Waals surface area contributed by atoms with E-state index in [9.17, 15) is 4.79 Å². The normalized spacial score (nSPS) is 10.4. The minimum Gasteiger partial charge on any atom is -0.397 e. The van der Waals surface area contributed by atoms with Crippen molar-refractivity contribution in [3.63, 3.8) is 0 Å². The molecule has 104 valence electrons. The number of anilines is 2. The first-order chi connectivity index (χ1) is 9.40. The van der Waals surface area contributed by atoms with Gasteiger partial charge in [-0.3, -0.25) is 4.79 Å². The molecular formula is C12H7BrCl3N3O. The van der Waals surface area contributed by atoms with Gasteiger partial charge < -0.3 is 11.1 Å². The number of hydrogen-bond donors (Lipinski definition) is 2. The lowest BCUT2D eigenvalue weighted by Crippen LogP contribution is -2.14. The highest BCUT2D eigenvalue weighted by atomic mass is 79.9. The molecule has 0 aliphatic heterocycles. The molecule has 4 nitrogen and oxygen atoms in total. The number of halogens is 4. The zero-order chi connectivity index (χ0) is 14.9. The number of nitrogens with zero attached hydrogens (tertiary/aromatic N) is 1. The molecule has 1 aromatic carbocycles. The van der Waals surface area contributed by atoms with Gasteiger partial charge in [0, 0.05) is 4.47 Å². The van der Waals surface area contributed by atoms with Crippen LogP contribution in [0.4, 0.5) is 11.4 Å². The number of carbonyl (C=O) groups excluding carboxylic acids is 1. The van der Waals surface area contributed by atoms with Gasteiger partial charge in [0.25, 0.3) is 5.91 Å². The fourth-order valence-corrected chi connectivity index (χ4v) is 2.43. The second-order valence-electron chi connectivity index (χ2n) is 3.77. The van der Waals surface area contributed by atoms with Gasteiger partial charge in [0.15, 0.2) is 0 Å². The smallest absolute Gasteiger partial charge is 0.257 e. The van der Waals surface area contributed by atoms with Crippen LogP contribution in [0, 0.1) is 0 Å². The Morgan fingerprint density at radius 2 is 1.95 bits per heavy atom. The number of pyridine rings is 1. The molecule has 0 aliphatic rings. The summed E-state index contributed by atoms with van der Waals surface area (Å²) in [5, 5.41) is 3.33. The van der Waals surface area contributed by atoms with Crippen LogP contribution in [0.1, 0.15) is 10.4 Å². The van der Waals surface area contributed by atoms with Gasteiger partial charge in [0.05, 0.1) is 33.2 Å². The number of amides is 1. The molecule has 0 saturated carbocycles. The first kappa shape index (κ1) is 15.4. The van der Waals surface area contributed by atoms with Crippen molar-refractivity contribution in [2.24, 2.45) is 0 Å². The Balaban J connectivity index is 2.33. The molecule has 0 radical (unpaired) electrons. The van der Waals surface area contributed by atoms with E-state index >= 15 is 0 Å². The minimum atomic E-state index is -0.452. The van der Waals surface area contributed by atoms with E-state index in [1.54, 1.807) is 12.1 Å². The number of benzene rings is 1. The van der Waals surface area contributed by atoms with Gasteiger partial charge in [-0.25, -0.2) is 4.98 Å². The van der Waals surface area contributed by atoms with E-state index in [1.807, 2.05) is 0 Å². The second-order valence-corrected chi connectivity index (χ2v) is 5.77. The predicted octanol–water partition coefficient (Wildman–Crippen LogP) is 4.64. The van der Waals surface area contributed by atoms with Gasteiger partial charge in [-0.2, -0.15) is 0 Å². The average molecular weight is 395 g/mol. The molecular weight excluding hydrogens is 388 g/mol. The maximum absolute atomic E-state index is 12.1. The summed E-state index contributed by atoms with van der Waals surface area (Å²) in [6.45, 7) is 0. The maximum Gasteiger partial charge on any atom is 0.257 e. The number of hydrogen-bond acceptors (Lipinski definition) is 3. The number of carbonyl (C=O) groups is 1. The van der Waals surface area contributed by atoms with Crippen LogP contribution in [-0.4, -0.2) is 10.9 Å². The Hall–Kier alpha value is -1.01. The largest absolute Gasteiger partial charge is 0.397 e. The molecule has 0 unspecified atom stereocenters. The van der Waals surface area contributed by atoms with E-state index in [1.165, 1.54) is 12.3 Å². The highest BCUT2D eigenvalue weighted by Crippen LogP contribution is 2.36. The number of aromatic nitrogens is 1. The predicted molar refractivity (Wildman–Crippen MR) is 85.8 cm³/mol. The van der Waals surface area contributed by atoms with E-state index in [0.29, 0.717) is 15.2 Å². The Labute approximate surface area is 138 Å². The summed E-state index contributed by atoms with van der Waals surface area (Å²) in [6.07, 6.45) is 1.31. The Bertz CT molecular complexity index is 694. The minimum absolute atomic E-state index is 0.171. The van der Waals surface area contributed by atoms with Crippen LogP contribution in [0.2, 0.25) is 15.2 Å².